The van der Waals surface area contributed by atoms with Crippen LogP contribution in [0.5, 0.6) is 0 Å². The Morgan fingerprint density at radius 3 is 2.27 bits per heavy atom. The molecule has 0 aromatic carbocycles. The Bertz CT molecular complexity index is 352. The zero-order valence-electron chi connectivity index (χ0n) is 9.03. The molecule has 2 rings (SSSR count). The van der Waals surface area contributed by atoms with Crippen LogP contribution in [0.3, 0.4) is 0 Å². The van der Waals surface area contributed by atoms with Crippen molar-refractivity contribution in [3.05, 3.63) is 0 Å². The van der Waals surface area contributed by atoms with Gasteiger partial charge in [0.25, 0.3) is 0 Å². The van der Waals surface area contributed by atoms with Crippen molar-refractivity contribution in [2.75, 3.05) is 24.6 Å². The van der Waals surface area contributed by atoms with Crippen LogP contribution in [0.2, 0.25) is 0 Å². The van der Waals surface area contributed by atoms with Gasteiger partial charge in [0.05, 0.1) is 11.5 Å². The highest BCUT2D eigenvalue weighted by atomic mass is 32.2. The van der Waals surface area contributed by atoms with Gasteiger partial charge in [-0.3, -0.25) is 4.79 Å². The zero-order valence-corrected chi connectivity index (χ0v) is 9.85. The molecule has 0 aliphatic carbocycles. The number of carbonyl (C=O) groups is 1. The highest BCUT2D eigenvalue weighted by molar-refractivity contribution is 7.91. The smallest absolute Gasteiger partial charge is 0.222 e. The van der Waals surface area contributed by atoms with Crippen molar-refractivity contribution in [2.24, 2.45) is 5.41 Å². The lowest BCUT2D eigenvalue weighted by Crippen LogP contribution is -2.60. The van der Waals surface area contributed by atoms with Crippen molar-refractivity contribution < 1.29 is 13.2 Å². The number of rotatable bonds is 1. The summed E-state index contributed by atoms with van der Waals surface area (Å²) in [5.74, 6) is 0.802. The molecule has 0 unspecified atom stereocenters. The molecule has 4 nitrogen and oxygen atoms in total. The summed E-state index contributed by atoms with van der Waals surface area (Å²) in [5.41, 5.74) is 0.135. The van der Waals surface area contributed by atoms with Gasteiger partial charge in [0.2, 0.25) is 5.91 Å². The minimum Gasteiger partial charge on any atom is -0.341 e. The topological polar surface area (TPSA) is 54.5 Å². The fourth-order valence-corrected chi connectivity index (χ4v) is 4.14. The van der Waals surface area contributed by atoms with Gasteiger partial charge in [-0.25, -0.2) is 8.42 Å². The molecule has 1 amide bonds. The first-order chi connectivity index (χ1) is 6.96. The summed E-state index contributed by atoms with van der Waals surface area (Å²) in [6, 6.07) is 0. The van der Waals surface area contributed by atoms with Crippen molar-refractivity contribution in [2.45, 2.75) is 26.2 Å². The Morgan fingerprint density at radius 2 is 1.80 bits per heavy atom. The molecule has 2 fully saturated rings. The highest BCUT2D eigenvalue weighted by Crippen LogP contribution is 2.41. The molecule has 0 atom stereocenters. The van der Waals surface area contributed by atoms with Crippen LogP contribution in [0.25, 0.3) is 0 Å². The van der Waals surface area contributed by atoms with Crippen LogP contribution in [0.15, 0.2) is 0 Å². The van der Waals surface area contributed by atoms with Gasteiger partial charge in [0, 0.05) is 24.9 Å². The van der Waals surface area contributed by atoms with Gasteiger partial charge < -0.3 is 4.90 Å². The first-order valence-corrected chi connectivity index (χ1v) is 7.27. The maximum Gasteiger partial charge on any atom is 0.222 e. The van der Waals surface area contributed by atoms with E-state index in [1.165, 1.54) is 0 Å². The molecule has 5 heteroatoms. The van der Waals surface area contributed by atoms with E-state index in [0.29, 0.717) is 17.9 Å². The van der Waals surface area contributed by atoms with Crippen molar-refractivity contribution >= 4 is 15.7 Å². The summed E-state index contributed by atoms with van der Waals surface area (Å²) in [6.07, 6.45) is 2.03. The number of amides is 1. The molecule has 2 aliphatic heterocycles. The van der Waals surface area contributed by atoms with Gasteiger partial charge >= 0.3 is 0 Å². The maximum atomic E-state index is 11.4. The molecule has 0 aromatic rings. The third-order valence-corrected chi connectivity index (χ3v) is 5.25. The molecular weight excluding hydrogens is 214 g/mol. The summed E-state index contributed by atoms with van der Waals surface area (Å²) in [6.45, 7) is 3.41. The molecule has 2 saturated heterocycles. The first-order valence-electron chi connectivity index (χ1n) is 5.45. The van der Waals surface area contributed by atoms with E-state index in [1.807, 2.05) is 11.8 Å². The summed E-state index contributed by atoms with van der Waals surface area (Å²) < 4.78 is 22.5. The van der Waals surface area contributed by atoms with Crippen LogP contribution in [0.1, 0.15) is 26.2 Å². The van der Waals surface area contributed by atoms with Gasteiger partial charge in [-0.1, -0.05) is 6.92 Å². The number of nitrogens with zero attached hydrogens (tertiary/aromatic N) is 1. The van der Waals surface area contributed by atoms with E-state index >= 15 is 0 Å². The molecule has 2 heterocycles. The van der Waals surface area contributed by atoms with Crippen molar-refractivity contribution in [1.82, 2.24) is 4.90 Å². The maximum absolute atomic E-state index is 11.4. The molecule has 2 aliphatic rings. The van der Waals surface area contributed by atoms with E-state index in [4.69, 9.17) is 0 Å². The Morgan fingerprint density at radius 1 is 1.27 bits per heavy atom. The lowest BCUT2D eigenvalue weighted by Gasteiger charge is -2.52. The minimum absolute atomic E-state index is 0.135. The third kappa shape index (κ3) is 2.02. The average Bonchev–Trinajstić information content (AvgIpc) is 2.14. The molecule has 0 bridgehead atoms. The van der Waals surface area contributed by atoms with E-state index in [-0.39, 0.29) is 11.3 Å². The van der Waals surface area contributed by atoms with Crippen molar-refractivity contribution in [1.29, 1.82) is 0 Å². The van der Waals surface area contributed by atoms with Gasteiger partial charge in [-0.05, 0) is 12.8 Å². The van der Waals surface area contributed by atoms with Crippen molar-refractivity contribution in [3.63, 3.8) is 0 Å². The van der Waals surface area contributed by atoms with Gasteiger partial charge in [0.15, 0.2) is 0 Å². The number of hydrogen-bond acceptors (Lipinski definition) is 3. The SMILES string of the molecule is CCC(=O)N1CC2(CCS(=O)(=O)CC2)C1. The van der Waals surface area contributed by atoms with Crippen LogP contribution >= 0.6 is 0 Å². The normalized spacial score (nSPS) is 27.4. The summed E-state index contributed by atoms with van der Waals surface area (Å²) in [4.78, 5) is 13.2. The minimum atomic E-state index is -2.78. The van der Waals surface area contributed by atoms with Crippen LogP contribution in [-0.4, -0.2) is 43.8 Å². The Labute approximate surface area is 90.6 Å². The highest BCUT2D eigenvalue weighted by Gasteiger charge is 2.47. The quantitative estimate of drug-likeness (QED) is 0.658. The summed E-state index contributed by atoms with van der Waals surface area (Å²) >= 11 is 0. The Balaban J connectivity index is 1.91. The molecule has 0 saturated carbocycles. The fraction of sp³-hybridized carbons (Fsp3) is 0.900. The van der Waals surface area contributed by atoms with Crippen LogP contribution in [-0.2, 0) is 14.6 Å². The second kappa shape index (κ2) is 3.47. The molecule has 86 valence electrons. The molecule has 0 aromatic heterocycles. The third-order valence-electron chi connectivity index (χ3n) is 3.59. The predicted molar refractivity (Wildman–Crippen MR) is 57.2 cm³/mol. The molecule has 0 radical (unpaired) electrons. The Hall–Kier alpha value is -0.580. The van der Waals surface area contributed by atoms with E-state index in [1.54, 1.807) is 0 Å². The molecular formula is C10H17NO3S. The van der Waals surface area contributed by atoms with Crippen molar-refractivity contribution in [3.8, 4) is 0 Å². The number of carbonyl (C=O) groups excluding carboxylic acids is 1. The predicted octanol–water partition coefficient (Wildman–Crippen LogP) is 0.434. The average molecular weight is 231 g/mol. The second-order valence-electron chi connectivity index (χ2n) is 4.76. The fourth-order valence-electron chi connectivity index (χ4n) is 2.45. The molecule has 0 N–H and O–H groups in total. The lowest BCUT2D eigenvalue weighted by molar-refractivity contribution is -0.143. The number of likely N-dealkylation sites (tertiary alicyclic amines) is 1. The lowest BCUT2D eigenvalue weighted by atomic mass is 9.74. The van der Waals surface area contributed by atoms with Crippen LogP contribution < -0.4 is 0 Å². The molecule has 1 spiro atoms. The monoisotopic (exact) mass is 231 g/mol. The van der Waals surface area contributed by atoms with Crippen LogP contribution in [0.4, 0.5) is 0 Å². The van der Waals surface area contributed by atoms with E-state index < -0.39 is 9.84 Å². The summed E-state index contributed by atoms with van der Waals surface area (Å²) in [5, 5.41) is 0. The first kappa shape index (κ1) is 10.9. The molecule has 15 heavy (non-hydrogen) atoms. The van der Waals surface area contributed by atoms with E-state index in [0.717, 1.165) is 25.9 Å². The number of hydrogen-bond donors (Lipinski definition) is 0. The largest absolute Gasteiger partial charge is 0.341 e. The van der Waals surface area contributed by atoms with Gasteiger partial charge in [-0.15, -0.1) is 0 Å². The summed E-state index contributed by atoms with van der Waals surface area (Å²) in [7, 11) is -2.78. The van der Waals surface area contributed by atoms with Gasteiger partial charge in [-0.2, -0.15) is 0 Å². The second-order valence-corrected chi connectivity index (χ2v) is 7.06. The number of sulfone groups is 1. The van der Waals surface area contributed by atoms with Gasteiger partial charge in [0.1, 0.15) is 9.84 Å². The van der Waals surface area contributed by atoms with Crippen LogP contribution in [0, 0.1) is 5.41 Å². The van der Waals surface area contributed by atoms with E-state index in [2.05, 4.69) is 0 Å². The Kier molecular flexibility index (Phi) is 2.53. The zero-order chi connectivity index (χ0) is 11.1. The standard InChI is InChI=1S/C10H17NO3S/c1-2-9(12)11-7-10(8-11)3-5-15(13,14)6-4-10/h2-8H2,1H3. The van der Waals surface area contributed by atoms with E-state index in [9.17, 15) is 13.2 Å².